The van der Waals surface area contributed by atoms with E-state index in [0.29, 0.717) is 11.3 Å². The van der Waals surface area contributed by atoms with Crippen molar-refractivity contribution in [2.75, 3.05) is 13.2 Å². The lowest BCUT2D eigenvalue weighted by molar-refractivity contribution is -0.108. The molecule has 4 aliphatic rings. The van der Waals surface area contributed by atoms with Crippen LogP contribution in [0.15, 0.2) is 30.4 Å². The molecule has 0 aromatic heterocycles. The number of ether oxygens (including phenoxy) is 4. The molecule has 4 nitrogen and oxygen atoms in total. The van der Waals surface area contributed by atoms with Gasteiger partial charge in [-0.15, -0.1) is 0 Å². The molecule has 5 rings (SSSR count). The predicted molar refractivity (Wildman–Crippen MR) is 140 cm³/mol. The van der Waals surface area contributed by atoms with Crippen LogP contribution in [0.4, 0.5) is 0 Å². The average molecular weight is 483 g/mol. The lowest BCUT2D eigenvalue weighted by Crippen LogP contribution is -2.50. The smallest absolute Gasteiger partial charge is 0.199 e. The lowest BCUT2D eigenvalue weighted by atomic mass is 9.47. The monoisotopic (exact) mass is 482 g/mol. The van der Waals surface area contributed by atoms with Crippen molar-refractivity contribution in [1.82, 2.24) is 0 Å². The third-order valence-corrected chi connectivity index (χ3v) is 9.58. The van der Waals surface area contributed by atoms with Crippen molar-refractivity contribution >= 4 is 0 Å². The summed E-state index contributed by atoms with van der Waals surface area (Å²) in [5.74, 6) is 3.02. The maximum absolute atomic E-state index is 6.48. The molecule has 2 unspecified atom stereocenters. The van der Waals surface area contributed by atoms with E-state index in [0.717, 1.165) is 82.0 Å². The molecule has 0 N–H and O–H groups in total. The van der Waals surface area contributed by atoms with Gasteiger partial charge in [-0.05, 0) is 104 Å². The predicted octanol–water partition coefficient (Wildman–Crippen LogP) is 7.84. The fourth-order valence-corrected chi connectivity index (χ4v) is 7.68. The highest BCUT2D eigenvalue weighted by molar-refractivity contribution is 5.42. The van der Waals surface area contributed by atoms with Crippen LogP contribution in [-0.4, -0.2) is 25.8 Å². The largest absolute Gasteiger partial charge is 0.465 e. The van der Waals surface area contributed by atoms with Crippen LogP contribution in [0.25, 0.3) is 0 Å². The molecule has 4 fully saturated rings. The summed E-state index contributed by atoms with van der Waals surface area (Å²) in [6, 6.07) is 6.36. The Morgan fingerprint density at radius 3 is 2.29 bits per heavy atom. The zero-order valence-corrected chi connectivity index (χ0v) is 22.3. The molecule has 5 atom stereocenters. The van der Waals surface area contributed by atoms with Crippen LogP contribution in [0.2, 0.25) is 0 Å². The maximum Gasteiger partial charge on any atom is 0.199 e. The van der Waals surface area contributed by atoms with Gasteiger partial charge in [0.1, 0.15) is 11.5 Å². The summed E-state index contributed by atoms with van der Waals surface area (Å²) in [7, 11) is 0. The molecule has 1 aromatic rings. The van der Waals surface area contributed by atoms with Gasteiger partial charge in [0.05, 0.1) is 13.2 Å². The van der Waals surface area contributed by atoms with Gasteiger partial charge in [-0.2, -0.15) is 0 Å². The number of benzene rings is 1. The molecule has 2 heterocycles. The van der Waals surface area contributed by atoms with Crippen LogP contribution in [0, 0.1) is 22.7 Å². The van der Waals surface area contributed by atoms with Gasteiger partial charge >= 0.3 is 0 Å². The van der Waals surface area contributed by atoms with E-state index in [-0.39, 0.29) is 18.0 Å². The number of fused-ring (bicyclic) bond motifs is 1. The van der Waals surface area contributed by atoms with Crippen molar-refractivity contribution in [3.63, 3.8) is 0 Å². The molecular weight excluding hydrogens is 436 g/mol. The first-order valence-electron chi connectivity index (χ1n) is 14.2. The third-order valence-electron chi connectivity index (χ3n) is 9.58. The van der Waals surface area contributed by atoms with Crippen LogP contribution in [0.3, 0.4) is 0 Å². The Morgan fingerprint density at radius 1 is 0.886 bits per heavy atom. The van der Waals surface area contributed by atoms with Crippen molar-refractivity contribution in [2.45, 2.75) is 110 Å². The Labute approximate surface area is 212 Å². The molecule has 0 bridgehead atoms. The Kier molecular flexibility index (Phi) is 7.51. The number of rotatable bonds is 6. The minimum atomic E-state index is -0.151. The number of hydrogen-bond donors (Lipinski definition) is 0. The summed E-state index contributed by atoms with van der Waals surface area (Å²) >= 11 is 0. The molecule has 2 aliphatic carbocycles. The number of hydrogen-bond acceptors (Lipinski definition) is 4. The van der Waals surface area contributed by atoms with E-state index in [9.17, 15) is 0 Å². The fraction of sp³-hybridized carbons (Fsp3) is 0.742. The van der Waals surface area contributed by atoms with E-state index >= 15 is 0 Å². The summed E-state index contributed by atoms with van der Waals surface area (Å²) < 4.78 is 24.6. The highest BCUT2D eigenvalue weighted by atomic mass is 16.7. The summed E-state index contributed by atoms with van der Waals surface area (Å²) in [5.41, 5.74) is 3.32. The Morgan fingerprint density at radius 2 is 1.60 bits per heavy atom. The Balaban J connectivity index is 1.43. The summed E-state index contributed by atoms with van der Waals surface area (Å²) in [4.78, 5) is 0. The van der Waals surface area contributed by atoms with E-state index in [1.165, 1.54) is 36.8 Å². The van der Waals surface area contributed by atoms with Gasteiger partial charge in [0, 0.05) is 12.8 Å². The summed E-state index contributed by atoms with van der Waals surface area (Å²) in [6.07, 6.45) is 13.5. The first-order chi connectivity index (χ1) is 16.8. The van der Waals surface area contributed by atoms with Crippen molar-refractivity contribution in [2.24, 2.45) is 22.7 Å². The van der Waals surface area contributed by atoms with E-state index in [4.69, 9.17) is 18.9 Å². The molecule has 194 valence electrons. The van der Waals surface area contributed by atoms with Crippen LogP contribution in [0.5, 0.6) is 11.5 Å². The fourth-order valence-electron chi connectivity index (χ4n) is 7.68. The molecule has 1 aromatic carbocycles. The maximum atomic E-state index is 6.48. The Bertz CT molecular complexity index is 880. The second-order valence-electron chi connectivity index (χ2n) is 12.5. The minimum Gasteiger partial charge on any atom is -0.465 e. The molecule has 2 saturated heterocycles. The second kappa shape index (κ2) is 10.5. The Hall–Kier alpha value is -1.52. The van der Waals surface area contributed by atoms with Gasteiger partial charge in [0.25, 0.3) is 0 Å². The first kappa shape index (κ1) is 25.1. The first-order valence-corrected chi connectivity index (χ1v) is 14.2. The van der Waals surface area contributed by atoms with Gasteiger partial charge < -0.3 is 18.9 Å². The molecular formula is C31H46O4. The van der Waals surface area contributed by atoms with Crippen LogP contribution in [0.1, 0.15) is 97.0 Å². The van der Waals surface area contributed by atoms with Crippen molar-refractivity contribution in [1.29, 1.82) is 0 Å². The van der Waals surface area contributed by atoms with Gasteiger partial charge in [-0.25, -0.2) is 0 Å². The van der Waals surface area contributed by atoms with Gasteiger partial charge in [-0.1, -0.05) is 39.3 Å². The van der Waals surface area contributed by atoms with E-state index < -0.39 is 0 Å². The van der Waals surface area contributed by atoms with Crippen LogP contribution in [-0.2, 0) is 15.9 Å². The van der Waals surface area contributed by atoms with Gasteiger partial charge in [0.2, 0.25) is 0 Å². The van der Waals surface area contributed by atoms with Gasteiger partial charge in [0.15, 0.2) is 12.6 Å². The SMILES string of the molecule is C=C1CC[C@H]2C(C)(C)CCC[C@]2(C)[C@H]1Cc1cc(OC2CCCCO2)ccc1OC1CCCCO1. The highest BCUT2D eigenvalue weighted by Crippen LogP contribution is 2.61. The van der Waals surface area contributed by atoms with Gasteiger partial charge in [-0.3, -0.25) is 0 Å². The standard InChI is InChI=1S/C31H46O4/c1-22-12-15-27-30(2,3)16-9-17-31(27,4)25(22)21-23-20-24(34-28-10-5-7-18-32-28)13-14-26(23)35-29-11-6-8-19-33-29/h13-14,20,25,27-29H,1,5-12,15-19,21H2,2-4H3/t25-,27-,28?,29?,31+/m0/s1. The van der Waals surface area contributed by atoms with Crippen molar-refractivity contribution in [3.05, 3.63) is 35.9 Å². The molecule has 0 spiro atoms. The molecule has 35 heavy (non-hydrogen) atoms. The molecule has 2 aliphatic heterocycles. The molecule has 4 heteroatoms. The summed E-state index contributed by atoms with van der Waals surface area (Å²) in [6.45, 7) is 13.7. The lowest BCUT2D eigenvalue weighted by Gasteiger charge is -2.58. The summed E-state index contributed by atoms with van der Waals surface area (Å²) in [5, 5.41) is 0. The minimum absolute atomic E-state index is 0.143. The second-order valence-corrected chi connectivity index (χ2v) is 12.5. The van der Waals surface area contributed by atoms with Crippen LogP contribution < -0.4 is 9.47 Å². The van der Waals surface area contributed by atoms with E-state index in [1.807, 2.05) is 6.07 Å². The van der Waals surface area contributed by atoms with E-state index in [1.54, 1.807) is 0 Å². The topological polar surface area (TPSA) is 36.9 Å². The van der Waals surface area contributed by atoms with Crippen LogP contribution >= 0.6 is 0 Å². The zero-order valence-electron chi connectivity index (χ0n) is 22.3. The highest BCUT2D eigenvalue weighted by Gasteiger charge is 2.52. The third kappa shape index (κ3) is 5.44. The van der Waals surface area contributed by atoms with Crippen molar-refractivity contribution in [3.8, 4) is 11.5 Å². The molecule has 0 amide bonds. The zero-order chi connectivity index (χ0) is 24.5. The normalized spacial score (nSPS) is 35.2. The van der Waals surface area contributed by atoms with E-state index in [2.05, 4.69) is 39.5 Å². The molecule has 2 saturated carbocycles. The quantitative estimate of drug-likeness (QED) is 0.387. The molecule has 0 radical (unpaired) electrons. The van der Waals surface area contributed by atoms with Crippen molar-refractivity contribution < 1.29 is 18.9 Å². The number of allylic oxidation sites excluding steroid dienone is 1. The average Bonchev–Trinajstić information content (AvgIpc) is 2.84.